The molecule has 0 amide bonds. The topological polar surface area (TPSA) is 79.5 Å². The normalized spacial score (nSPS) is 27.4. The Hall–Kier alpha value is -0.890. The lowest BCUT2D eigenvalue weighted by molar-refractivity contribution is -0.0241. The maximum Gasteiger partial charge on any atom is 0.266 e. The third kappa shape index (κ3) is 2.28. The van der Waals surface area contributed by atoms with Crippen LogP contribution >= 0.6 is 11.6 Å². The molecule has 1 N–H and O–H groups in total. The summed E-state index contributed by atoms with van der Waals surface area (Å²) in [6.45, 7) is 0.734. The first-order valence-electron chi connectivity index (χ1n) is 6.52. The third-order valence-corrected chi connectivity index (χ3v) is 6.05. The van der Waals surface area contributed by atoms with Gasteiger partial charge in [-0.25, -0.2) is 8.42 Å². The van der Waals surface area contributed by atoms with Crippen molar-refractivity contribution in [3.8, 4) is 0 Å². The lowest BCUT2D eigenvalue weighted by atomic mass is 10.2. The van der Waals surface area contributed by atoms with Crippen LogP contribution in [0.2, 0.25) is 5.02 Å². The average Bonchev–Trinajstić information content (AvgIpc) is 2.89. The zero-order chi connectivity index (χ0) is 14.3. The van der Waals surface area contributed by atoms with E-state index in [4.69, 9.17) is 16.3 Å². The molecule has 1 saturated carbocycles. The minimum Gasteiger partial charge on any atom is -0.375 e. The van der Waals surface area contributed by atoms with Crippen LogP contribution in [0.25, 0.3) is 0 Å². The fourth-order valence-electron chi connectivity index (χ4n) is 2.91. The quantitative estimate of drug-likeness (QED) is 0.881. The van der Waals surface area contributed by atoms with Crippen molar-refractivity contribution < 1.29 is 13.2 Å². The van der Waals surface area contributed by atoms with E-state index in [2.05, 4.69) is 4.98 Å². The van der Waals surface area contributed by atoms with E-state index >= 15 is 0 Å². The number of nitrogens with zero attached hydrogens (tertiary/aromatic N) is 1. The fraction of sp³-hybridized carbons (Fsp3) is 0.583. The van der Waals surface area contributed by atoms with Crippen LogP contribution in [0.15, 0.2) is 22.0 Å². The summed E-state index contributed by atoms with van der Waals surface area (Å²) in [6.07, 6.45) is 3.84. The predicted molar refractivity (Wildman–Crippen MR) is 73.3 cm³/mol. The highest BCUT2D eigenvalue weighted by Gasteiger charge is 2.42. The Labute approximate surface area is 121 Å². The number of sulfonamides is 1. The molecule has 3 rings (SSSR count). The molecule has 8 heteroatoms. The number of halogens is 1. The van der Waals surface area contributed by atoms with Gasteiger partial charge in [0.15, 0.2) is 0 Å². The summed E-state index contributed by atoms with van der Waals surface area (Å²) in [5.41, 5.74) is -0.494. The van der Waals surface area contributed by atoms with Gasteiger partial charge in [0.25, 0.3) is 5.56 Å². The lowest BCUT2D eigenvalue weighted by Gasteiger charge is -2.36. The monoisotopic (exact) mass is 318 g/mol. The van der Waals surface area contributed by atoms with Crippen LogP contribution < -0.4 is 5.56 Å². The number of pyridine rings is 1. The van der Waals surface area contributed by atoms with Crippen LogP contribution in [0.1, 0.15) is 19.3 Å². The fourth-order valence-corrected chi connectivity index (χ4v) is 4.81. The highest BCUT2D eigenvalue weighted by molar-refractivity contribution is 7.89. The molecule has 2 atom stereocenters. The molecule has 0 spiro atoms. The second kappa shape index (κ2) is 5.14. The molecule has 2 unspecified atom stereocenters. The van der Waals surface area contributed by atoms with Gasteiger partial charge in [0.05, 0.1) is 23.6 Å². The van der Waals surface area contributed by atoms with E-state index in [1.807, 2.05) is 0 Å². The van der Waals surface area contributed by atoms with Gasteiger partial charge in [-0.05, 0) is 25.3 Å². The van der Waals surface area contributed by atoms with Gasteiger partial charge in [-0.2, -0.15) is 4.31 Å². The van der Waals surface area contributed by atoms with Gasteiger partial charge in [-0.15, -0.1) is 0 Å². The molecule has 1 aromatic heterocycles. The zero-order valence-corrected chi connectivity index (χ0v) is 12.3. The van der Waals surface area contributed by atoms with E-state index in [1.165, 1.54) is 16.6 Å². The second-order valence-electron chi connectivity index (χ2n) is 5.04. The van der Waals surface area contributed by atoms with E-state index in [0.29, 0.717) is 13.2 Å². The molecule has 1 aliphatic carbocycles. The van der Waals surface area contributed by atoms with Crippen molar-refractivity contribution in [2.24, 2.45) is 0 Å². The Morgan fingerprint density at radius 3 is 2.95 bits per heavy atom. The molecule has 1 aliphatic heterocycles. The van der Waals surface area contributed by atoms with Crippen molar-refractivity contribution in [3.05, 3.63) is 27.6 Å². The summed E-state index contributed by atoms with van der Waals surface area (Å²) in [4.78, 5) is 13.6. The summed E-state index contributed by atoms with van der Waals surface area (Å²) in [6, 6.07) is 1.09. The Kier molecular flexibility index (Phi) is 3.62. The van der Waals surface area contributed by atoms with Gasteiger partial charge in [0.1, 0.15) is 5.02 Å². The van der Waals surface area contributed by atoms with Crippen LogP contribution in [0.5, 0.6) is 0 Å². The summed E-state index contributed by atoms with van der Waals surface area (Å²) < 4.78 is 32.5. The summed E-state index contributed by atoms with van der Waals surface area (Å²) in [7, 11) is -3.66. The minimum absolute atomic E-state index is 0.0169. The molecule has 0 radical (unpaired) electrons. The number of rotatable bonds is 2. The smallest absolute Gasteiger partial charge is 0.266 e. The first-order valence-corrected chi connectivity index (χ1v) is 8.33. The standard InChI is InChI=1S/C12H15ClN2O4S/c13-9-6-8(7-14-12(9)16)20(17,18)15-4-5-19-11-3-1-2-10(11)15/h6-7,10-11H,1-5H2,(H,14,16). The van der Waals surface area contributed by atoms with Crippen molar-refractivity contribution in [2.45, 2.75) is 36.3 Å². The number of nitrogens with one attached hydrogen (secondary N) is 1. The van der Waals surface area contributed by atoms with Gasteiger partial charge in [-0.1, -0.05) is 11.6 Å². The van der Waals surface area contributed by atoms with Crippen LogP contribution in [0, 0.1) is 0 Å². The average molecular weight is 319 g/mol. The molecule has 0 aromatic carbocycles. The van der Waals surface area contributed by atoms with Crippen LogP contribution in [0.3, 0.4) is 0 Å². The Bertz CT molecular complexity index is 672. The number of aromatic nitrogens is 1. The molecule has 0 bridgehead atoms. The molecular formula is C12H15ClN2O4S. The maximum atomic E-state index is 12.7. The largest absolute Gasteiger partial charge is 0.375 e. The van der Waals surface area contributed by atoms with Crippen molar-refractivity contribution in [3.63, 3.8) is 0 Å². The zero-order valence-electron chi connectivity index (χ0n) is 10.7. The molecule has 2 aliphatic rings. The van der Waals surface area contributed by atoms with Crippen LogP contribution in [0.4, 0.5) is 0 Å². The van der Waals surface area contributed by atoms with Gasteiger partial charge in [-0.3, -0.25) is 4.79 Å². The molecule has 2 heterocycles. The second-order valence-corrected chi connectivity index (χ2v) is 7.33. The number of H-pyrrole nitrogens is 1. The Balaban J connectivity index is 1.98. The molecule has 2 fully saturated rings. The highest BCUT2D eigenvalue weighted by Crippen LogP contribution is 2.33. The van der Waals surface area contributed by atoms with Gasteiger partial charge >= 0.3 is 0 Å². The minimum atomic E-state index is -3.66. The lowest BCUT2D eigenvalue weighted by Crippen LogP contribution is -2.51. The summed E-state index contributed by atoms with van der Waals surface area (Å²) >= 11 is 5.72. The number of morpholine rings is 1. The Morgan fingerprint density at radius 1 is 1.40 bits per heavy atom. The van der Waals surface area contributed by atoms with Gasteiger partial charge in [0, 0.05) is 12.7 Å². The van der Waals surface area contributed by atoms with Crippen LogP contribution in [-0.2, 0) is 14.8 Å². The van der Waals surface area contributed by atoms with Crippen molar-refractivity contribution >= 4 is 21.6 Å². The van der Waals surface area contributed by atoms with E-state index in [1.54, 1.807) is 0 Å². The maximum absolute atomic E-state index is 12.7. The molecule has 1 saturated heterocycles. The number of hydrogen-bond acceptors (Lipinski definition) is 4. The number of fused-ring (bicyclic) bond motifs is 1. The predicted octanol–water partition coefficient (Wildman–Crippen LogP) is 0.970. The highest BCUT2D eigenvalue weighted by atomic mass is 35.5. The third-order valence-electron chi connectivity index (χ3n) is 3.87. The van der Waals surface area contributed by atoms with Gasteiger partial charge < -0.3 is 9.72 Å². The van der Waals surface area contributed by atoms with E-state index < -0.39 is 15.6 Å². The molecule has 6 nitrogen and oxygen atoms in total. The van der Waals surface area contributed by atoms with Crippen molar-refractivity contribution in [1.82, 2.24) is 9.29 Å². The number of hydrogen-bond donors (Lipinski definition) is 1. The van der Waals surface area contributed by atoms with Gasteiger partial charge in [0.2, 0.25) is 10.0 Å². The molecular weight excluding hydrogens is 304 g/mol. The van der Waals surface area contributed by atoms with E-state index in [0.717, 1.165) is 19.3 Å². The van der Waals surface area contributed by atoms with Crippen molar-refractivity contribution in [2.75, 3.05) is 13.2 Å². The van der Waals surface area contributed by atoms with Crippen LogP contribution in [-0.4, -0.2) is 43.0 Å². The first-order chi connectivity index (χ1) is 9.50. The molecule has 1 aromatic rings. The number of aromatic amines is 1. The summed E-state index contributed by atoms with van der Waals surface area (Å²) in [5.74, 6) is 0. The molecule has 20 heavy (non-hydrogen) atoms. The number of ether oxygens (including phenoxy) is 1. The first kappa shape index (κ1) is 14.1. The van der Waals surface area contributed by atoms with E-state index in [-0.39, 0.29) is 22.1 Å². The SMILES string of the molecule is O=c1[nH]cc(S(=O)(=O)N2CCOC3CCCC32)cc1Cl. The summed E-state index contributed by atoms with van der Waals surface area (Å²) in [5, 5.41) is -0.123. The Morgan fingerprint density at radius 2 is 2.20 bits per heavy atom. The molecule has 110 valence electrons. The van der Waals surface area contributed by atoms with E-state index in [9.17, 15) is 13.2 Å². The van der Waals surface area contributed by atoms with Crippen molar-refractivity contribution in [1.29, 1.82) is 0 Å².